The first-order valence-electron chi connectivity index (χ1n) is 5.33. The molecule has 80 valence electrons. The lowest BCUT2D eigenvalue weighted by Gasteiger charge is -2.15. The summed E-state index contributed by atoms with van der Waals surface area (Å²) in [7, 11) is 2.09. The van der Waals surface area contributed by atoms with Crippen molar-refractivity contribution in [3.05, 3.63) is 35.4 Å². The lowest BCUT2D eigenvalue weighted by molar-refractivity contribution is 0.323. The molecule has 0 spiro atoms. The van der Waals surface area contributed by atoms with Crippen LogP contribution in [0.25, 0.3) is 0 Å². The molecule has 0 amide bonds. The van der Waals surface area contributed by atoms with E-state index in [9.17, 15) is 0 Å². The molecule has 2 heteroatoms. The molecule has 0 bridgehead atoms. The Morgan fingerprint density at radius 3 is 2.53 bits per heavy atom. The molecule has 0 fully saturated rings. The lowest BCUT2D eigenvalue weighted by atomic mass is 10.1. The average Bonchev–Trinajstić information content (AvgIpc) is 2.22. The molecule has 0 saturated heterocycles. The van der Waals surface area contributed by atoms with Crippen LogP contribution in [0.1, 0.15) is 24.0 Å². The van der Waals surface area contributed by atoms with Crippen molar-refractivity contribution in [2.75, 3.05) is 13.6 Å². The smallest absolute Gasteiger partial charge is 0.0622 e. The topological polar surface area (TPSA) is 27.0 Å². The maximum absolute atomic E-state index is 8.43. The highest BCUT2D eigenvalue weighted by atomic mass is 15.1. The first-order valence-corrected chi connectivity index (χ1v) is 5.33. The van der Waals surface area contributed by atoms with Crippen molar-refractivity contribution in [1.82, 2.24) is 4.90 Å². The monoisotopic (exact) mass is 202 g/mol. The molecule has 0 saturated carbocycles. The SMILES string of the molecule is Cc1ccc(CN(C)CCCC#N)cc1. The molecule has 1 rings (SSSR count). The molecule has 15 heavy (non-hydrogen) atoms. The fourth-order valence-electron chi connectivity index (χ4n) is 1.51. The van der Waals surface area contributed by atoms with Gasteiger partial charge in [-0.05, 0) is 32.5 Å². The summed E-state index contributed by atoms with van der Waals surface area (Å²) < 4.78 is 0. The van der Waals surface area contributed by atoms with E-state index < -0.39 is 0 Å². The number of aryl methyl sites for hydroxylation is 1. The van der Waals surface area contributed by atoms with Gasteiger partial charge in [0.15, 0.2) is 0 Å². The Kier molecular flexibility index (Phi) is 4.86. The van der Waals surface area contributed by atoms with Crippen LogP contribution in [0, 0.1) is 18.3 Å². The summed E-state index contributed by atoms with van der Waals surface area (Å²) in [6.45, 7) is 4.05. The predicted molar refractivity (Wildman–Crippen MR) is 62.4 cm³/mol. The van der Waals surface area contributed by atoms with Gasteiger partial charge in [0, 0.05) is 13.0 Å². The zero-order chi connectivity index (χ0) is 11.1. The summed E-state index contributed by atoms with van der Waals surface area (Å²) in [5.41, 5.74) is 2.63. The highest BCUT2D eigenvalue weighted by Crippen LogP contribution is 2.06. The summed E-state index contributed by atoms with van der Waals surface area (Å²) in [5.74, 6) is 0. The first kappa shape index (κ1) is 11.7. The van der Waals surface area contributed by atoms with E-state index in [1.807, 2.05) is 0 Å². The minimum atomic E-state index is 0.651. The molecule has 0 heterocycles. The van der Waals surface area contributed by atoms with Crippen LogP contribution < -0.4 is 0 Å². The third-order valence-electron chi connectivity index (χ3n) is 2.40. The van der Waals surface area contributed by atoms with Crippen LogP contribution in [-0.2, 0) is 6.54 Å². The van der Waals surface area contributed by atoms with Gasteiger partial charge >= 0.3 is 0 Å². The van der Waals surface area contributed by atoms with Gasteiger partial charge < -0.3 is 4.90 Å². The Bertz CT molecular complexity index is 321. The second kappa shape index (κ2) is 6.21. The number of hydrogen-bond acceptors (Lipinski definition) is 2. The molecule has 0 unspecified atom stereocenters. The zero-order valence-electron chi connectivity index (χ0n) is 9.53. The van der Waals surface area contributed by atoms with Crippen LogP contribution >= 0.6 is 0 Å². The van der Waals surface area contributed by atoms with E-state index >= 15 is 0 Å². The minimum absolute atomic E-state index is 0.651. The van der Waals surface area contributed by atoms with Crippen molar-refractivity contribution >= 4 is 0 Å². The van der Waals surface area contributed by atoms with E-state index in [2.05, 4.69) is 49.2 Å². The van der Waals surface area contributed by atoms with Gasteiger partial charge in [0.1, 0.15) is 0 Å². The Balaban J connectivity index is 2.34. The summed E-state index contributed by atoms with van der Waals surface area (Å²) in [6.07, 6.45) is 1.61. The standard InChI is InChI=1S/C13H18N2/c1-12-5-7-13(8-6-12)11-15(2)10-4-3-9-14/h5-8H,3-4,10-11H2,1-2H3. The number of rotatable bonds is 5. The molecule has 0 aliphatic rings. The number of nitriles is 1. The number of nitrogens with zero attached hydrogens (tertiary/aromatic N) is 2. The van der Waals surface area contributed by atoms with E-state index in [0.29, 0.717) is 6.42 Å². The van der Waals surface area contributed by atoms with E-state index in [4.69, 9.17) is 5.26 Å². The molecular weight excluding hydrogens is 184 g/mol. The first-order chi connectivity index (χ1) is 7.22. The normalized spacial score (nSPS) is 10.3. The Morgan fingerprint density at radius 2 is 1.93 bits per heavy atom. The zero-order valence-corrected chi connectivity index (χ0v) is 9.53. The average molecular weight is 202 g/mol. The molecule has 0 radical (unpaired) electrons. The summed E-state index contributed by atoms with van der Waals surface area (Å²) in [6, 6.07) is 10.8. The molecule has 1 aromatic rings. The molecule has 0 aliphatic carbocycles. The molecule has 0 aromatic heterocycles. The van der Waals surface area contributed by atoms with E-state index in [-0.39, 0.29) is 0 Å². The van der Waals surface area contributed by atoms with Crippen molar-refractivity contribution in [2.45, 2.75) is 26.3 Å². The second-order valence-corrected chi connectivity index (χ2v) is 3.99. The van der Waals surface area contributed by atoms with Gasteiger partial charge in [0.25, 0.3) is 0 Å². The van der Waals surface area contributed by atoms with Crippen LogP contribution in [0.3, 0.4) is 0 Å². The second-order valence-electron chi connectivity index (χ2n) is 3.99. The fraction of sp³-hybridized carbons (Fsp3) is 0.462. The fourth-order valence-corrected chi connectivity index (χ4v) is 1.51. The summed E-state index contributed by atoms with van der Waals surface area (Å²) in [4.78, 5) is 2.25. The van der Waals surface area contributed by atoms with Crippen LogP contribution in [0.2, 0.25) is 0 Å². The summed E-state index contributed by atoms with van der Waals surface area (Å²) >= 11 is 0. The van der Waals surface area contributed by atoms with Crippen molar-refractivity contribution in [1.29, 1.82) is 5.26 Å². The molecule has 1 aromatic carbocycles. The van der Waals surface area contributed by atoms with Crippen molar-refractivity contribution in [2.24, 2.45) is 0 Å². The quantitative estimate of drug-likeness (QED) is 0.686. The molecule has 0 N–H and O–H groups in total. The highest BCUT2D eigenvalue weighted by Gasteiger charge is 1.99. The van der Waals surface area contributed by atoms with Crippen LogP contribution in [0.15, 0.2) is 24.3 Å². The lowest BCUT2D eigenvalue weighted by Crippen LogP contribution is -2.18. The maximum Gasteiger partial charge on any atom is 0.0622 e. The van der Waals surface area contributed by atoms with E-state index in [1.54, 1.807) is 0 Å². The molecular formula is C13H18N2. The predicted octanol–water partition coefficient (Wildman–Crippen LogP) is 2.73. The van der Waals surface area contributed by atoms with Crippen molar-refractivity contribution in [3.63, 3.8) is 0 Å². The Labute approximate surface area is 92.1 Å². The molecule has 0 aliphatic heterocycles. The van der Waals surface area contributed by atoms with Gasteiger partial charge in [-0.15, -0.1) is 0 Å². The van der Waals surface area contributed by atoms with Crippen molar-refractivity contribution in [3.8, 4) is 6.07 Å². The van der Waals surface area contributed by atoms with Gasteiger partial charge in [-0.2, -0.15) is 5.26 Å². The number of hydrogen-bond donors (Lipinski definition) is 0. The molecule has 2 nitrogen and oxygen atoms in total. The van der Waals surface area contributed by atoms with Crippen LogP contribution in [0.4, 0.5) is 0 Å². The Morgan fingerprint density at radius 1 is 1.27 bits per heavy atom. The van der Waals surface area contributed by atoms with Gasteiger partial charge in [-0.25, -0.2) is 0 Å². The third-order valence-corrected chi connectivity index (χ3v) is 2.40. The van der Waals surface area contributed by atoms with E-state index in [0.717, 1.165) is 19.5 Å². The Hall–Kier alpha value is -1.33. The number of benzene rings is 1. The third kappa shape index (κ3) is 4.62. The van der Waals surface area contributed by atoms with E-state index in [1.165, 1.54) is 11.1 Å². The maximum atomic E-state index is 8.43. The van der Waals surface area contributed by atoms with Crippen molar-refractivity contribution < 1.29 is 0 Å². The van der Waals surface area contributed by atoms with Gasteiger partial charge in [-0.1, -0.05) is 29.8 Å². The largest absolute Gasteiger partial charge is 0.302 e. The highest BCUT2D eigenvalue weighted by molar-refractivity contribution is 5.21. The minimum Gasteiger partial charge on any atom is -0.302 e. The van der Waals surface area contributed by atoms with Crippen LogP contribution in [-0.4, -0.2) is 18.5 Å². The van der Waals surface area contributed by atoms with Gasteiger partial charge in [0.2, 0.25) is 0 Å². The molecule has 0 atom stereocenters. The van der Waals surface area contributed by atoms with Crippen LogP contribution in [0.5, 0.6) is 0 Å². The number of unbranched alkanes of at least 4 members (excludes halogenated alkanes) is 1. The van der Waals surface area contributed by atoms with Gasteiger partial charge in [-0.3, -0.25) is 0 Å². The summed E-state index contributed by atoms with van der Waals surface area (Å²) in [5, 5.41) is 8.43. The van der Waals surface area contributed by atoms with Gasteiger partial charge in [0.05, 0.1) is 6.07 Å².